The molecule has 0 amide bonds. The number of rotatable bonds is 4. The molecule has 0 bridgehead atoms. The number of likely N-dealkylation sites (tertiary alicyclic amines) is 1. The highest BCUT2D eigenvalue weighted by atomic mass is 16.5. The second-order valence-electron chi connectivity index (χ2n) is 5.49. The average molecular weight is 283 g/mol. The van der Waals surface area contributed by atoms with Gasteiger partial charge in [-0.25, -0.2) is 0 Å². The van der Waals surface area contributed by atoms with Crippen LogP contribution in [0.5, 0.6) is 5.75 Å². The van der Waals surface area contributed by atoms with Crippen molar-refractivity contribution in [1.29, 1.82) is 0 Å². The number of nitrogens with two attached hydrogens (primary N) is 1. The van der Waals surface area contributed by atoms with Gasteiger partial charge in [-0.05, 0) is 37.1 Å². The molecule has 1 aliphatic rings. The van der Waals surface area contributed by atoms with Crippen molar-refractivity contribution in [3.05, 3.63) is 53.9 Å². The van der Waals surface area contributed by atoms with Crippen molar-refractivity contribution in [3.8, 4) is 5.75 Å². The van der Waals surface area contributed by atoms with Crippen LogP contribution in [0, 0.1) is 0 Å². The molecule has 110 valence electrons. The van der Waals surface area contributed by atoms with E-state index < -0.39 is 0 Å². The molecule has 1 fully saturated rings. The van der Waals surface area contributed by atoms with E-state index in [0.717, 1.165) is 24.5 Å². The summed E-state index contributed by atoms with van der Waals surface area (Å²) in [7, 11) is 1.70. The Morgan fingerprint density at radius 3 is 3.05 bits per heavy atom. The Kier molecular flexibility index (Phi) is 4.06. The van der Waals surface area contributed by atoms with E-state index in [1.165, 1.54) is 24.0 Å². The van der Waals surface area contributed by atoms with Gasteiger partial charge in [-0.3, -0.25) is 9.88 Å². The van der Waals surface area contributed by atoms with Crippen LogP contribution in [-0.4, -0.2) is 23.5 Å². The first kappa shape index (κ1) is 13.9. The molecule has 0 saturated carbocycles. The van der Waals surface area contributed by atoms with Crippen molar-refractivity contribution in [2.75, 3.05) is 19.4 Å². The SMILES string of the molecule is COc1cc(N)ccc1CN1CCCC1c1cccnc1. The van der Waals surface area contributed by atoms with Crippen LogP contribution in [-0.2, 0) is 6.54 Å². The number of hydrogen-bond donors (Lipinski definition) is 1. The fourth-order valence-corrected chi connectivity index (χ4v) is 3.08. The van der Waals surface area contributed by atoms with Crippen molar-refractivity contribution >= 4 is 5.69 Å². The topological polar surface area (TPSA) is 51.4 Å². The van der Waals surface area contributed by atoms with Crippen molar-refractivity contribution in [2.24, 2.45) is 0 Å². The van der Waals surface area contributed by atoms with E-state index in [2.05, 4.69) is 22.0 Å². The molecule has 0 spiro atoms. The van der Waals surface area contributed by atoms with Crippen LogP contribution in [0.4, 0.5) is 5.69 Å². The zero-order valence-electron chi connectivity index (χ0n) is 12.3. The first-order chi connectivity index (χ1) is 10.3. The molecule has 0 aliphatic carbocycles. The molecule has 4 nitrogen and oxygen atoms in total. The Labute approximate surface area is 125 Å². The number of hydrogen-bond acceptors (Lipinski definition) is 4. The van der Waals surface area contributed by atoms with E-state index in [1.54, 1.807) is 7.11 Å². The van der Waals surface area contributed by atoms with Crippen molar-refractivity contribution < 1.29 is 4.74 Å². The summed E-state index contributed by atoms with van der Waals surface area (Å²) < 4.78 is 5.46. The molecular weight excluding hydrogens is 262 g/mol. The van der Waals surface area contributed by atoms with Crippen LogP contribution in [0.15, 0.2) is 42.7 Å². The maximum absolute atomic E-state index is 5.83. The summed E-state index contributed by atoms with van der Waals surface area (Å²) in [4.78, 5) is 6.74. The van der Waals surface area contributed by atoms with Gasteiger partial charge in [-0.1, -0.05) is 12.1 Å². The lowest BCUT2D eigenvalue weighted by molar-refractivity contribution is 0.244. The number of nitrogens with zero attached hydrogens (tertiary/aromatic N) is 2. The lowest BCUT2D eigenvalue weighted by Gasteiger charge is -2.25. The summed E-state index contributed by atoms with van der Waals surface area (Å²) in [5.74, 6) is 0.867. The van der Waals surface area contributed by atoms with Crippen LogP contribution >= 0.6 is 0 Å². The minimum Gasteiger partial charge on any atom is -0.496 e. The number of pyridine rings is 1. The maximum atomic E-state index is 5.83. The maximum Gasteiger partial charge on any atom is 0.125 e. The van der Waals surface area contributed by atoms with E-state index in [9.17, 15) is 0 Å². The van der Waals surface area contributed by atoms with E-state index in [4.69, 9.17) is 10.5 Å². The largest absolute Gasteiger partial charge is 0.496 e. The molecule has 4 heteroatoms. The average Bonchev–Trinajstić information content (AvgIpc) is 2.98. The minimum absolute atomic E-state index is 0.445. The number of benzene rings is 1. The Bertz CT molecular complexity index is 600. The van der Waals surface area contributed by atoms with Gasteiger partial charge in [-0.15, -0.1) is 0 Å². The van der Waals surface area contributed by atoms with Crippen molar-refractivity contribution in [1.82, 2.24) is 9.88 Å². The van der Waals surface area contributed by atoms with Gasteiger partial charge in [0.05, 0.1) is 7.11 Å². The summed E-state index contributed by atoms with van der Waals surface area (Å²) in [5.41, 5.74) is 9.04. The molecule has 1 atom stereocenters. The third-order valence-electron chi connectivity index (χ3n) is 4.12. The quantitative estimate of drug-likeness (QED) is 0.876. The van der Waals surface area contributed by atoms with E-state index in [0.29, 0.717) is 6.04 Å². The lowest BCUT2D eigenvalue weighted by Crippen LogP contribution is -2.23. The van der Waals surface area contributed by atoms with Crippen molar-refractivity contribution in [3.63, 3.8) is 0 Å². The number of aromatic nitrogens is 1. The van der Waals surface area contributed by atoms with Crippen LogP contribution < -0.4 is 10.5 Å². The van der Waals surface area contributed by atoms with Gasteiger partial charge in [0.1, 0.15) is 5.75 Å². The molecule has 2 aromatic rings. The normalized spacial score (nSPS) is 18.8. The highest BCUT2D eigenvalue weighted by Gasteiger charge is 2.26. The first-order valence-corrected chi connectivity index (χ1v) is 7.34. The molecule has 1 unspecified atom stereocenters. The van der Waals surface area contributed by atoms with Gasteiger partial charge in [0, 0.05) is 42.3 Å². The van der Waals surface area contributed by atoms with Crippen LogP contribution in [0.25, 0.3) is 0 Å². The molecule has 2 heterocycles. The molecule has 1 aromatic carbocycles. The predicted molar refractivity (Wildman–Crippen MR) is 84.0 cm³/mol. The highest BCUT2D eigenvalue weighted by Crippen LogP contribution is 2.34. The second kappa shape index (κ2) is 6.14. The Morgan fingerprint density at radius 1 is 1.38 bits per heavy atom. The first-order valence-electron chi connectivity index (χ1n) is 7.34. The number of nitrogen functional groups attached to an aromatic ring is 1. The fraction of sp³-hybridized carbons (Fsp3) is 0.353. The molecular formula is C17H21N3O. The second-order valence-corrected chi connectivity index (χ2v) is 5.49. The standard InChI is InChI=1S/C17H21N3O/c1-21-17-10-15(18)7-6-14(17)12-20-9-3-5-16(20)13-4-2-8-19-11-13/h2,4,6-8,10-11,16H,3,5,9,12,18H2,1H3. The van der Waals surface area contributed by atoms with Crippen LogP contribution in [0.1, 0.15) is 30.0 Å². The molecule has 3 rings (SSSR count). The lowest BCUT2D eigenvalue weighted by atomic mass is 10.1. The third-order valence-corrected chi connectivity index (χ3v) is 4.12. The minimum atomic E-state index is 0.445. The summed E-state index contributed by atoms with van der Waals surface area (Å²) in [5, 5.41) is 0. The van der Waals surface area contributed by atoms with Crippen LogP contribution in [0.3, 0.4) is 0 Å². The molecule has 2 N–H and O–H groups in total. The smallest absolute Gasteiger partial charge is 0.125 e. The predicted octanol–water partition coefficient (Wildman–Crippen LogP) is 3.01. The highest BCUT2D eigenvalue weighted by molar-refractivity contribution is 5.48. The molecule has 1 saturated heterocycles. The van der Waals surface area contributed by atoms with Gasteiger partial charge in [0.15, 0.2) is 0 Å². The Balaban J connectivity index is 1.81. The zero-order chi connectivity index (χ0) is 14.7. The Hall–Kier alpha value is -2.07. The molecule has 1 aromatic heterocycles. The van der Waals surface area contributed by atoms with E-state index in [-0.39, 0.29) is 0 Å². The number of ether oxygens (including phenoxy) is 1. The Morgan fingerprint density at radius 2 is 2.29 bits per heavy atom. The third kappa shape index (κ3) is 3.00. The number of anilines is 1. The van der Waals surface area contributed by atoms with Gasteiger partial charge in [-0.2, -0.15) is 0 Å². The summed E-state index contributed by atoms with van der Waals surface area (Å²) in [6.07, 6.45) is 6.20. The van der Waals surface area contributed by atoms with Gasteiger partial charge >= 0.3 is 0 Å². The van der Waals surface area contributed by atoms with Gasteiger partial charge in [0.25, 0.3) is 0 Å². The summed E-state index contributed by atoms with van der Waals surface area (Å²) in [6.45, 7) is 1.98. The molecule has 0 radical (unpaired) electrons. The van der Waals surface area contributed by atoms with Gasteiger partial charge < -0.3 is 10.5 Å². The van der Waals surface area contributed by atoms with Crippen LogP contribution in [0.2, 0.25) is 0 Å². The monoisotopic (exact) mass is 283 g/mol. The summed E-state index contributed by atoms with van der Waals surface area (Å²) in [6, 6.07) is 10.5. The summed E-state index contributed by atoms with van der Waals surface area (Å²) >= 11 is 0. The molecule has 21 heavy (non-hydrogen) atoms. The van der Waals surface area contributed by atoms with E-state index >= 15 is 0 Å². The fourth-order valence-electron chi connectivity index (χ4n) is 3.08. The van der Waals surface area contributed by atoms with Crippen molar-refractivity contribution in [2.45, 2.75) is 25.4 Å². The zero-order valence-corrected chi connectivity index (χ0v) is 12.3. The van der Waals surface area contributed by atoms with E-state index in [1.807, 2.05) is 30.6 Å². The van der Waals surface area contributed by atoms with Gasteiger partial charge in [0.2, 0.25) is 0 Å². The molecule has 1 aliphatic heterocycles. The number of methoxy groups -OCH3 is 1.